The van der Waals surface area contributed by atoms with Crippen molar-refractivity contribution in [2.24, 2.45) is 0 Å². The second-order valence-corrected chi connectivity index (χ2v) is 11.0. The molecule has 0 fully saturated rings. The first kappa shape index (κ1) is 36.1. The molecule has 0 saturated heterocycles. The molecule has 0 aliphatic heterocycles. The topological polar surface area (TPSA) is 112 Å². The number of quaternary nitrogens is 1. The number of hydrogen-bond donors (Lipinski definition) is 3. The molecule has 7 heteroatoms. The average Bonchev–Trinajstić information content (AvgIpc) is 2.85. The van der Waals surface area contributed by atoms with E-state index in [2.05, 4.69) is 19.1 Å². The summed E-state index contributed by atoms with van der Waals surface area (Å²) in [7, 11) is 0. The van der Waals surface area contributed by atoms with Gasteiger partial charge in [0, 0.05) is 19.3 Å². The molecule has 38 heavy (non-hydrogen) atoms. The number of unbranched alkanes of at least 4 members (excludes halogenated alkanes) is 13. The molecule has 0 unspecified atom stereocenters. The fourth-order valence-electron chi connectivity index (χ4n) is 5.25. The first-order valence-corrected chi connectivity index (χ1v) is 15.5. The molecular weight excluding hydrogens is 482 g/mol. The van der Waals surface area contributed by atoms with Gasteiger partial charge in [0.15, 0.2) is 0 Å². The van der Waals surface area contributed by atoms with Crippen LogP contribution in [0, 0.1) is 0 Å². The molecule has 0 amide bonds. The van der Waals surface area contributed by atoms with E-state index >= 15 is 0 Å². The molecule has 0 aromatic heterocycles. The summed E-state index contributed by atoms with van der Waals surface area (Å²) in [6.07, 6.45) is 25.4. The van der Waals surface area contributed by atoms with Crippen LogP contribution >= 0.6 is 0 Å². The minimum atomic E-state index is -0.825. The molecule has 3 N–H and O–H groups in total. The lowest BCUT2D eigenvalue weighted by Gasteiger charge is -2.39. The highest BCUT2D eigenvalue weighted by Gasteiger charge is 2.27. The maximum absolute atomic E-state index is 11.1. The van der Waals surface area contributed by atoms with Crippen LogP contribution in [0.3, 0.4) is 0 Å². The van der Waals surface area contributed by atoms with Gasteiger partial charge in [-0.3, -0.25) is 14.4 Å². The van der Waals surface area contributed by atoms with Gasteiger partial charge in [-0.1, -0.05) is 83.3 Å². The summed E-state index contributed by atoms with van der Waals surface area (Å²) in [4.78, 5) is 33.2. The summed E-state index contributed by atoms with van der Waals surface area (Å²) < 4.78 is 0.642. The molecule has 0 rings (SSSR count). The van der Waals surface area contributed by atoms with E-state index in [-0.39, 0.29) is 19.3 Å². The Morgan fingerprint density at radius 2 is 0.789 bits per heavy atom. The van der Waals surface area contributed by atoms with Gasteiger partial charge in [0.1, 0.15) is 0 Å². The number of carboxylic acids is 3. The lowest BCUT2D eigenvalue weighted by molar-refractivity contribution is -0.929. The Morgan fingerprint density at radius 1 is 0.474 bits per heavy atom. The lowest BCUT2D eigenvalue weighted by Crippen LogP contribution is -2.51. The number of aliphatic carboxylic acids is 3. The van der Waals surface area contributed by atoms with E-state index in [0.29, 0.717) is 43.4 Å². The molecule has 0 aliphatic rings. The number of allylic oxidation sites excluding steroid dienone is 2. The third kappa shape index (κ3) is 24.4. The molecule has 0 aromatic carbocycles. The van der Waals surface area contributed by atoms with E-state index in [1.54, 1.807) is 0 Å². The van der Waals surface area contributed by atoms with Crippen molar-refractivity contribution in [2.75, 3.05) is 26.2 Å². The second-order valence-electron chi connectivity index (χ2n) is 11.0. The van der Waals surface area contributed by atoms with E-state index < -0.39 is 17.9 Å². The van der Waals surface area contributed by atoms with Gasteiger partial charge >= 0.3 is 17.9 Å². The van der Waals surface area contributed by atoms with Crippen molar-refractivity contribution in [1.82, 2.24) is 0 Å². The van der Waals surface area contributed by atoms with Crippen molar-refractivity contribution in [2.45, 2.75) is 142 Å². The molecule has 0 aliphatic carbocycles. The van der Waals surface area contributed by atoms with E-state index in [9.17, 15) is 14.4 Å². The van der Waals surface area contributed by atoms with Crippen molar-refractivity contribution in [3.8, 4) is 0 Å². The van der Waals surface area contributed by atoms with Crippen LogP contribution in [0.15, 0.2) is 12.2 Å². The van der Waals surface area contributed by atoms with Gasteiger partial charge in [0.2, 0.25) is 0 Å². The molecule has 222 valence electrons. The van der Waals surface area contributed by atoms with E-state index in [1.165, 1.54) is 83.5 Å². The Balaban J connectivity index is 4.21. The van der Waals surface area contributed by atoms with Crippen LogP contribution in [0.25, 0.3) is 0 Å². The summed E-state index contributed by atoms with van der Waals surface area (Å²) in [6, 6.07) is 0. The van der Waals surface area contributed by atoms with Crippen molar-refractivity contribution >= 4 is 17.9 Å². The molecule has 0 atom stereocenters. The Bertz CT molecular complexity index is 584. The first-order valence-electron chi connectivity index (χ1n) is 15.5. The Morgan fingerprint density at radius 3 is 1.16 bits per heavy atom. The third-order valence-corrected chi connectivity index (χ3v) is 7.44. The van der Waals surface area contributed by atoms with E-state index in [0.717, 1.165) is 19.4 Å². The predicted molar refractivity (Wildman–Crippen MR) is 154 cm³/mol. The molecule has 7 nitrogen and oxygen atoms in total. The smallest absolute Gasteiger partial charge is 0.303 e. The van der Waals surface area contributed by atoms with E-state index in [4.69, 9.17) is 15.3 Å². The third-order valence-electron chi connectivity index (χ3n) is 7.44. The number of carboxylic acid groups (broad SMARTS) is 3. The van der Waals surface area contributed by atoms with Crippen LogP contribution in [-0.4, -0.2) is 63.9 Å². The van der Waals surface area contributed by atoms with Crippen molar-refractivity contribution < 1.29 is 34.2 Å². The van der Waals surface area contributed by atoms with E-state index in [1.807, 2.05) is 0 Å². The number of hydrogen-bond acceptors (Lipinski definition) is 3. The SMILES string of the molecule is CCC/C=C/CCCCCCCCCCCCCC[N+](CCCC(=O)O)(CCCC(=O)O)CCCC(=O)O. The quantitative estimate of drug-likeness (QED) is 0.0506. The van der Waals surface area contributed by atoms with Crippen LogP contribution in [0.2, 0.25) is 0 Å². The lowest BCUT2D eigenvalue weighted by atomic mass is 10.0. The zero-order valence-corrected chi connectivity index (χ0v) is 24.3. The molecular formula is C31H58NO6+. The van der Waals surface area contributed by atoms with Crippen LogP contribution in [-0.2, 0) is 14.4 Å². The normalized spacial score (nSPS) is 11.8. The molecule has 0 radical (unpaired) electrons. The second kappa shape index (κ2) is 25.4. The van der Waals surface area contributed by atoms with Gasteiger partial charge in [0.05, 0.1) is 45.4 Å². The van der Waals surface area contributed by atoms with Gasteiger partial charge < -0.3 is 19.8 Å². The van der Waals surface area contributed by atoms with Crippen molar-refractivity contribution in [3.05, 3.63) is 12.2 Å². The largest absolute Gasteiger partial charge is 0.481 e. The zero-order valence-electron chi connectivity index (χ0n) is 24.3. The van der Waals surface area contributed by atoms with Gasteiger partial charge in [-0.15, -0.1) is 0 Å². The zero-order chi connectivity index (χ0) is 28.3. The highest BCUT2D eigenvalue weighted by molar-refractivity contribution is 5.67. The fraction of sp³-hybridized carbons (Fsp3) is 0.839. The van der Waals surface area contributed by atoms with Gasteiger partial charge in [-0.05, 0) is 32.1 Å². The summed E-state index contributed by atoms with van der Waals surface area (Å²) in [5, 5.41) is 27.2. The summed E-state index contributed by atoms with van der Waals surface area (Å²) >= 11 is 0. The average molecular weight is 541 g/mol. The van der Waals surface area contributed by atoms with Crippen LogP contribution in [0.5, 0.6) is 0 Å². The minimum absolute atomic E-state index is 0.0915. The molecule has 0 spiro atoms. The summed E-state index contributed by atoms with van der Waals surface area (Å²) in [6.45, 7) is 5.09. The molecule has 0 aromatic rings. The fourth-order valence-corrected chi connectivity index (χ4v) is 5.25. The highest BCUT2D eigenvalue weighted by Crippen LogP contribution is 2.19. The highest BCUT2D eigenvalue weighted by atomic mass is 16.4. The number of rotatable bonds is 29. The number of nitrogens with zero attached hydrogens (tertiary/aromatic N) is 1. The molecule has 0 heterocycles. The standard InChI is InChI=1S/C31H57NO6/c1-2-3-4-5-6-7-8-9-10-11-12-13-14-15-16-17-18-25-32(26-19-22-29(33)34,27-20-23-30(35)36)28-21-24-31(37)38/h4-5H,2-3,6-28H2,1H3,(H2-,33,34,35,36,37,38)/p+1/b5-4+. The summed E-state index contributed by atoms with van der Waals surface area (Å²) in [5.41, 5.74) is 0. The Hall–Kier alpha value is -1.89. The Kier molecular flexibility index (Phi) is 24.1. The molecule has 0 saturated carbocycles. The maximum atomic E-state index is 11.1. The summed E-state index contributed by atoms with van der Waals surface area (Å²) in [5.74, 6) is -2.47. The molecule has 0 bridgehead atoms. The van der Waals surface area contributed by atoms with Gasteiger partial charge in [-0.25, -0.2) is 0 Å². The van der Waals surface area contributed by atoms with Crippen molar-refractivity contribution in [1.29, 1.82) is 0 Å². The number of carbonyl (C=O) groups is 3. The van der Waals surface area contributed by atoms with Gasteiger partial charge in [0.25, 0.3) is 0 Å². The first-order chi connectivity index (χ1) is 18.3. The van der Waals surface area contributed by atoms with Crippen LogP contribution < -0.4 is 0 Å². The predicted octanol–water partition coefficient (Wildman–Crippen LogP) is 7.83. The maximum Gasteiger partial charge on any atom is 0.303 e. The van der Waals surface area contributed by atoms with Crippen LogP contribution in [0.4, 0.5) is 0 Å². The Labute approximate surface area is 232 Å². The van der Waals surface area contributed by atoms with Crippen LogP contribution in [0.1, 0.15) is 142 Å². The minimum Gasteiger partial charge on any atom is -0.481 e. The van der Waals surface area contributed by atoms with Crippen molar-refractivity contribution in [3.63, 3.8) is 0 Å². The van der Waals surface area contributed by atoms with Gasteiger partial charge in [-0.2, -0.15) is 0 Å². The monoisotopic (exact) mass is 540 g/mol.